The van der Waals surface area contributed by atoms with Gasteiger partial charge in [0, 0.05) is 0 Å². The summed E-state index contributed by atoms with van der Waals surface area (Å²) in [4.78, 5) is 0. The molecule has 0 amide bonds. The van der Waals surface area contributed by atoms with Gasteiger partial charge in [0.05, 0.1) is 0 Å². The summed E-state index contributed by atoms with van der Waals surface area (Å²) in [7, 11) is 0. The van der Waals surface area contributed by atoms with Gasteiger partial charge in [-0.15, -0.1) is 13.2 Å². The highest BCUT2D eigenvalue weighted by atomic mass is 14.2. The first-order chi connectivity index (χ1) is 5.80. The molecule has 0 nitrogen and oxygen atoms in total. The standard InChI is InChI=1S/C8H16.C2H6.C2H4/c1-7-5-3-4-6-8(7)2;2*1-2/h7-8H,3-6H2,1-2H3;1-2H3;1-2H2. The molecule has 1 fully saturated rings. The Morgan fingerprint density at radius 1 is 0.833 bits per heavy atom. The van der Waals surface area contributed by atoms with E-state index in [0.29, 0.717) is 0 Å². The van der Waals surface area contributed by atoms with Gasteiger partial charge >= 0.3 is 0 Å². The second-order valence-electron chi connectivity index (χ2n) is 3.24. The highest BCUT2D eigenvalue weighted by molar-refractivity contribution is 4.67. The zero-order chi connectivity index (χ0) is 9.98. The van der Waals surface area contributed by atoms with Gasteiger partial charge in [-0.05, 0) is 11.8 Å². The van der Waals surface area contributed by atoms with Crippen LogP contribution in [0.5, 0.6) is 0 Å². The minimum absolute atomic E-state index is 1.00. The van der Waals surface area contributed by atoms with E-state index in [2.05, 4.69) is 27.0 Å². The molecule has 0 aliphatic heterocycles. The maximum atomic E-state index is 3.00. The summed E-state index contributed by atoms with van der Waals surface area (Å²) in [5.41, 5.74) is 0. The van der Waals surface area contributed by atoms with Crippen LogP contribution in [0.4, 0.5) is 0 Å². The first-order valence-corrected chi connectivity index (χ1v) is 5.30. The molecule has 0 bridgehead atoms. The maximum absolute atomic E-state index is 3.00. The smallest absolute Gasteiger partial charge is 0.0417 e. The highest BCUT2D eigenvalue weighted by Gasteiger charge is 2.15. The molecule has 12 heavy (non-hydrogen) atoms. The van der Waals surface area contributed by atoms with Gasteiger partial charge in [-0.3, -0.25) is 0 Å². The Morgan fingerprint density at radius 3 is 1.25 bits per heavy atom. The zero-order valence-electron chi connectivity index (χ0n) is 9.40. The molecule has 0 heteroatoms. The quantitative estimate of drug-likeness (QED) is 0.464. The van der Waals surface area contributed by atoms with E-state index in [1.165, 1.54) is 25.7 Å². The van der Waals surface area contributed by atoms with Gasteiger partial charge in [-0.2, -0.15) is 0 Å². The van der Waals surface area contributed by atoms with E-state index in [1.54, 1.807) is 0 Å². The van der Waals surface area contributed by atoms with E-state index in [0.717, 1.165) is 11.8 Å². The van der Waals surface area contributed by atoms with Crippen molar-refractivity contribution in [1.29, 1.82) is 0 Å². The molecule has 2 unspecified atom stereocenters. The second-order valence-corrected chi connectivity index (χ2v) is 3.24. The third kappa shape index (κ3) is 6.45. The molecule has 2 atom stereocenters. The van der Waals surface area contributed by atoms with Crippen molar-refractivity contribution in [3.05, 3.63) is 13.2 Å². The normalized spacial score (nSPS) is 27.3. The van der Waals surface area contributed by atoms with Gasteiger partial charge in [0.15, 0.2) is 0 Å². The minimum Gasteiger partial charge on any atom is -0.106 e. The van der Waals surface area contributed by atoms with Crippen LogP contribution in [0.1, 0.15) is 53.4 Å². The lowest BCUT2D eigenvalue weighted by molar-refractivity contribution is 0.277. The van der Waals surface area contributed by atoms with Crippen LogP contribution < -0.4 is 0 Å². The molecule has 0 aromatic carbocycles. The van der Waals surface area contributed by atoms with E-state index in [1.807, 2.05) is 13.8 Å². The third-order valence-corrected chi connectivity index (χ3v) is 2.54. The Kier molecular flexibility index (Phi) is 12.8. The Labute approximate surface area is 79.1 Å². The van der Waals surface area contributed by atoms with Crippen LogP contribution in [-0.4, -0.2) is 0 Å². The summed E-state index contributed by atoms with van der Waals surface area (Å²) in [6.45, 7) is 14.8. The molecule has 1 saturated carbocycles. The zero-order valence-corrected chi connectivity index (χ0v) is 9.40. The predicted molar refractivity (Wildman–Crippen MR) is 59.4 cm³/mol. The van der Waals surface area contributed by atoms with Crippen LogP contribution in [0.2, 0.25) is 0 Å². The molecule has 1 aliphatic rings. The van der Waals surface area contributed by atoms with Crippen molar-refractivity contribution in [2.75, 3.05) is 0 Å². The predicted octanol–water partition coefficient (Wildman–Crippen LogP) is 4.66. The highest BCUT2D eigenvalue weighted by Crippen LogP contribution is 2.28. The van der Waals surface area contributed by atoms with Crippen molar-refractivity contribution in [2.45, 2.75) is 53.4 Å². The molecule has 1 rings (SSSR count). The first kappa shape index (κ1) is 14.3. The van der Waals surface area contributed by atoms with Gasteiger partial charge in [-0.25, -0.2) is 0 Å². The van der Waals surface area contributed by atoms with Gasteiger partial charge in [0.1, 0.15) is 0 Å². The minimum atomic E-state index is 1.00. The van der Waals surface area contributed by atoms with Crippen LogP contribution in [0, 0.1) is 11.8 Å². The molecule has 0 N–H and O–H groups in total. The number of hydrogen-bond acceptors (Lipinski definition) is 0. The molecular formula is C12H26. The Balaban J connectivity index is 0. The van der Waals surface area contributed by atoms with Crippen molar-refractivity contribution in [2.24, 2.45) is 11.8 Å². The molecule has 74 valence electrons. The van der Waals surface area contributed by atoms with Crippen molar-refractivity contribution in [1.82, 2.24) is 0 Å². The monoisotopic (exact) mass is 170 g/mol. The van der Waals surface area contributed by atoms with Crippen molar-refractivity contribution in [3.8, 4) is 0 Å². The van der Waals surface area contributed by atoms with Gasteiger partial charge < -0.3 is 0 Å². The SMILES string of the molecule is C=C.CC.CC1CCCCC1C. The van der Waals surface area contributed by atoms with Crippen LogP contribution in [-0.2, 0) is 0 Å². The van der Waals surface area contributed by atoms with Crippen molar-refractivity contribution < 1.29 is 0 Å². The topological polar surface area (TPSA) is 0 Å². The summed E-state index contributed by atoms with van der Waals surface area (Å²) in [5, 5.41) is 0. The molecule has 0 radical (unpaired) electrons. The van der Waals surface area contributed by atoms with Gasteiger partial charge in [0.2, 0.25) is 0 Å². The Hall–Kier alpha value is -0.260. The molecule has 0 heterocycles. The Morgan fingerprint density at radius 2 is 1.08 bits per heavy atom. The van der Waals surface area contributed by atoms with Gasteiger partial charge in [0.25, 0.3) is 0 Å². The summed E-state index contributed by atoms with van der Waals surface area (Å²) < 4.78 is 0. The molecule has 1 aliphatic carbocycles. The lowest BCUT2D eigenvalue weighted by Crippen LogP contribution is -2.12. The summed E-state index contributed by atoms with van der Waals surface area (Å²) in [5.74, 6) is 2.01. The molecule has 0 spiro atoms. The molecule has 0 aromatic heterocycles. The molecule has 0 aromatic rings. The van der Waals surface area contributed by atoms with Crippen molar-refractivity contribution in [3.63, 3.8) is 0 Å². The largest absolute Gasteiger partial charge is 0.106 e. The van der Waals surface area contributed by atoms with E-state index < -0.39 is 0 Å². The average Bonchev–Trinajstić information content (AvgIpc) is 2.17. The Bertz CT molecular complexity index is 66.1. The van der Waals surface area contributed by atoms with E-state index >= 15 is 0 Å². The fraction of sp³-hybridized carbons (Fsp3) is 0.833. The summed E-state index contributed by atoms with van der Waals surface area (Å²) in [6, 6.07) is 0. The molecular weight excluding hydrogens is 144 g/mol. The van der Waals surface area contributed by atoms with Gasteiger partial charge in [-0.1, -0.05) is 53.4 Å². The van der Waals surface area contributed by atoms with Crippen LogP contribution in [0.3, 0.4) is 0 Å². The maximum Gasteiger partial charge on any atom is -0.0417 e. The fourth-order valence-electron chi connectivity index (χ4n) is 1.50. The first-order valence-electron chi connectivity index (χ1n) is 5.30. The lowest BCUT2D eigenvalue weighted by Gasteiger charge is -2.24. The molecule has 0 saturated heterocycles. The summed E-state index contributed by atoms with van der Waals surface area (Å²) in [6.07, 6.45) is 5.90. The van der Waals surface area contributed by atoms with E-state index in [4.69, 9.17) is 0 Å². The third-order valence-electron chi connectivity index (χ3n) is 2.54. The lowest BCUT2D eigenvalue weighted by atomic mass is 9.82. The van der Waals surface area contributed by atoms with E-state index in [9.17, 15) is 0 Å². The van der Waals surface area contributed by atoms with Crippen LogP contribution >= 0.6 is 0 Å². The van der Waals surface area contributed by atoms with Crippen LogP contribution in [0.25, 0.3) is 0 Å². The summed E-state index contributed by atoms with van der Waals surface area (Å²) >= 11 is 0. The number of rotatable bonds is 0. The van der Waals surface area contributed by atoms with E-state index in [-0.39, 0.29) is 0 Å². The average molecular weight is 170 g/mol. The second kappa shape index (κ2) is 10.7. The fourth-order valence-corrected chi connectivity index (χ4v) is 1.50. The van der Waals surface area contributed by atoms with Crippen molar-refractivity contribution >= 4 is 0 Å². The van der Waals surface area contributed by atoms with Crippen LogP contribution in [0.15, 0.2) is 13.2 Å². The number of hydrogen-bond donors (Lipinski definition) is 0.